The predicted octanol–water partition coefficient (Wildman–Crippen LogP) is -0.211. The number of carbonyl (C=O) groups is 2. The van der Waals surface area contributed by atoms with E-state index >= 15 is 0 Å². The Hall–Kier alpha value is -2.24. The van der Waals surface area contributed by atoms with Crippen molar-refractivity contribution in [3.05, 3.63) is 23.8 Å². The zero-order valence-electron chi connectivity index (χ0n) is 7.73. The Morgan fingerprint density at radius 1 is 1.40 bits per heavy atom. The van der Waals surface area contributed by atoms with Gasteiger partial charge >= 0.3 is 5.97 Å². The third-order valence-electron chi connectivity index (χ3n) is 1.67. The molecule has 0 saturated carbocycles. The van der Waals surface area contributed by atoms with E-state index in [1.807, 2.05) is 0 Å². The van der Waals surface area contributed by atoms with Crippen molar-refractivity contribution in [1.82, 2.24) is 5.32 Å². The zero-order valence-corrected chi connectivity index (χ0v) is 7.73. The number of nitrogen functional groups attached to an aromatic ring is 1. The number of carbonyl (C=O) groups excluding carboxylic acids is 1. The highest BCUT2D eigenvalue weighted by Crippen LogP contribution is 2.19. The Morgan fingerprint density at radius 3 is 2.60 bits per heavy atom. The summed E-state index contributed by atoms with van der Waals surface area (Å²) >= 11 is 0. The number of carboxylic acids is 1. The van der Waals surface area contributed by atoms with Gasteiger partial charge in [0.25, 0.3) is 5.91 Å². The maximum Gasteiger partial charge on any atom is 0.322 e. The van der Waals surface area contributed by atoms with Crippen LogP contribution in [0.1, 0.15) is 10.4 Å². The molecule has 0 fully saturated rings. The molecule has 15 heavy (non-hydrogen) atoms. The van der Waals surface area contributed by atoms with Gasteiger partial charge in [-0.3, -0.25) is 9.59 Å². The lowest BCUT2D eigenvalue weighted by atomic mass is 10.1. The summed E-state index contributed by atoms with van der Waals surface area (Å²) in [4.78, 5) is 21.5. The number of anilines is 1. The SMILES string of the molecule is Nc1ccc(C(=O)NCC(=O)O)c(O)c1. The minimum atomic E-state index is -1.15. The third kappa shape index (κ3) is 2.87. The molecule has 0 aliphatic heterocycles. The van der Waals surface area contributed by atoms with Crippen molar-refractivity contribution in [2.24, 2.45) is 0 Å². The van der Waals surface area contributed by atoms with E-state index in [-0.39, 0.29) is 11.3 Å². The summed E-state index contributed by atoms with van der Waals surface area (Å²) in [6.07, 6.45) is 0. The van der Waals surface area contributed by atoms with E-state index in [9.17, 15) is 14.7 Å². The molecule has 80 valence electrons. The number of phenols is 1. The average Bonchev–Trinajstić information content (AvgIpc) is 2.14. The van der Waals surface area contributed by atoms with Gasteiger partial charge in [-0.2, -0.15) is 0 Å². The van der Waals surface area contributed by atoms with Gasteiger partial charge in [0.2, 0.25) is 0 Å². The van der Waals surface area contributed by atoms with Crippen molar-refractivity contribution in [1.29, 1.82) is 0 Å². The number of hydrogen-bond donors (Lipinski definition) is 4. The van der Waals surface area contributed by atoms with Crippen LogP contribution in [0.25, 0.3) is 0 Å². The molecule has 6 nitrogen and oxygen atoms in total. The highest BCUT2D eigenvalue weighted by Gasteiger charge is 2.11. The molecule has 0 spiro atoms. The van der Waals surface area contributed by atoms with Gasteiger partial charge in [0, 0.05) is 11.8 Å². The summed E-state index contributed by atoms with van der Waals surface area (Å²) in [6, 6.07) is 3.98. The Labute approximate surface area is 85.3 Å². The Kier molecular flexibility index (Phi) is 3.12. The third-order valence-corrected chi connectivity index (χ3v) is 1.67. The fourth-order valence-electron chi connectivity index (χ4n) is 0.992. The van der Waals surface area contributed by atoms with Gasteiger partial charge in [-0.25, -0.2) is 0 Å². The molecule has 6 heteroatoms. The van der Waals surface area contributed by atoms with Crippen LogP contribution in [0.5, 0.6) is 5.75 Å². The Balaban J connectivity index is 2.78. The first-order valence-electron chi connectivity index (χ1n) is 4.09. The molecule has 1 rings (SSSR count). The van der Waals surface area contributed by atoms with Crippen LogP contribution in [0.2, 0.25) is 0 Å². The van der Waals surface area contributed by atoms with Crippen LogP contribution < -0.4 is 11.1 Å². The van der Waals surface area contributed by atoms with Crippen molar-refractivity contribution in [3.8, 4) is 5.75 Å². The Bertz CT molecular complexity index is 403. The van der Waals surface area contributed by atoms with Crippen LogP contribution in [0, 0.1) is 0 Å². The van der Waals surface area contributed by atoms with Gasteiger partial charge in [0.15, 0.2) is 0 Å². The molecule has 0 atom stereocenters. The molecule has 0 radical (unpaired) electrons. The van der Waals surface area contributed by atoms with Crippen LogP contribution in [-0.4, -0.2) is 28.6 Å². The lowest BCUT2D eigenvalue weighted by Gasteiger charge is -2.05. The number of phenolic OH excluding ortho intramolecular Hbond substituents is 1. The number of amides is 1. The van der Waals surface area contributed by atoms with Crippen molar-refractivity contribution >= 4 is 17.6 Å². The Morgan fingerprint density at radius 2 is 2.07 bits per heavy atom. The van der Waals surface area contributed by atoms with Crippen LogP contribution in [-0.2, 0) is 4.79 Å². The number of nitrogens with one attached hydrogen (secondary N) is 1. The fraction of sp³-hybridized carbons (Fsp3) is 0.111. The summed E-state index contributed by atoms with van der Waals surface area (Å²) in [5.41, 5.74) is 5.68. The standard InChI is InChI=1S/C9H10N2O4/c10-5-1-2-6(7(12)3-5)9(15)11-4-8(13)14/h1-3,12H,4,10H2,(H,11,15)(H,13,14). The summed E-state index contributed by atoms with van der Waals surface area (Å²) in [5.74, 6) is -2.09. The van der Waals surface area contributed by atoms with E-state index < -0.39 is 18.4 Å². The molecule has 0 aromatic heterocycles. The number of benzene rings is 1. The monoisotopic (exact) mass is 210 g/mol. The highest BCUT2D eigenvalue weighted by atomic mass is 16.4. The number of nitrogens with two attached hydrogens (primary N) is 1. The first-order chi connectivity index (χ1) is 7.00. The summed E-state index contributed by atoms with van der Waals surface area (Å²) in [5, 5.41) is 19.8. The lowest BCUT2D eigenvalue weighted by Crippen LogP contribution is -2.29. The summed E-state index contributed by atoms with van der Waals surface area (Å²) < 4.78 is 0. The number of aromatic hydroxyl groups is 1. The molecule has 0 aliphatic rings. The lowest BCUT2D eigenvalue weighted by molar-refractivity contribution is -0.135. The fourth-order valence-corrected chi connectivity index (χ4v) is 0.992. The van der Waals surface area contributed by atoms with E-state index in [1.165, 1.54) is 18.2 Å². The maximum atomic E-state index is 11.3. The van der Waals surface area contributed by atoms with Gasteiger partial charge in [0.05, 0.1) is 5.56 Å². The van der Waals surface area contributed by atoms with Crippen LogP contribution in [0.3, 0.4) is 0 Å². The minimum Gasteiger partial charge on any atom is -0.507 e. The molecule has 0 bridgehead atoms. The molecule has 1 aromatic carbocycles. The number of hydrogen-bond acceptors (Lipinski definition) is 4. The smallest absolute Gasteiger partial charge is 0.322 e. The second-order valence-corrected chi connectivity index (χ2v) is 2.85. The second kappa shape index (κ2) is 4.32. The highest BCUT2D eigenvalue weighted by molar-refractivity contribution is 5.98. The minimum absolute atomic E-state index is 0.00884. The van der Waals surface area contributed by atoms with Gasteiger partial charge in [-0.1, -0.05) is 0 Å². The van der Waals surface area contributed by atoms with Gasteiger partial charge in [0.1, 0.15) is 12.3 Å². The van der Waals surface area contributed by atoms with Gasteiger partial charge in [-0.05, 0) is 12.1 Å². The van der Waals surface area contributed by atoms with E-state index in [0.717, 1.165) is 0 Å². The molecule has 1 amide bonds. The molecule has 0 heterocycles. The first kappa shape index (κ1) is 10.8. The largest absolute Gasteiger partial charge is 0.507 e. The van der Waals surface area contributed by atoms with E-state index in [2.05, 4.69) is 5.32 Å². The molecule has 5 N–H and O–H groups in total. The zero-order chi connectivity index (χ0) is 11.4. The number of rotatable bonds is 3. The molecule has 0 aliphatic carbocycles. The molecule has 0 saturated heterocycles. The van der Waals surface area contributed by atoms with E-state index in [0.29, 0.717) is 5.69 Å². The van der Waals surface area contributed by atoms with Crippen molar-refractivity contribution in [2.75, 3.05) is 12.3 Å². The van der Waals surface area contributed by atoms with Crippen LogP contribution >= 0.6 is 0 Å². The second-order valence-electron chi connectivity index (χ2n) is 2.85. The number of aliphatic carboxylic acids is 1. The van der Waals surface area contributed by atoms with Crippen LogP contribution in [0.15, 0.2) is 18.2 Å². The quantitative estimate of drug-likeness (QED) is 0.515. The van der Waals surface area contributed by atoms with Gasteiger partial charge < -0.3 is 21.3 Å². The molecular weight excluding hydrogens is 200 g/mol. The van der Waals surface area contributed by atoms with Crippen LogP contribution in [0.4, 0.5) is 5.69 Å². The molecule has 0 unspecified atom stereocenters. The van der Waals surface area contributed by atoms with Crippen molar-refractivity contribution < 1.29 is 19.8 Å². The topological polar surface area (TPSA) is 113 Å². The molecule has 1 aromatic rings. The van der Waals surface area contributed by atoms with E-state index in [4.69, 9.17) is 10.8 Å². The normalized spacial score (nSPS) is 9.60. The van der Waals surface area contributed by atoms with Gasteiger partial charge in [-0.15, -0.1) is 0 Å². The predicted molar refractivity (Wildman–Crippen MR) is 52.5 cm³/mol. The van der Waals surface area contributed by atoms with Crippen molar-refractivity contribution in [3.63, 3.8) is 0 Å². The van der Waals surface area contributed by atoms with E-state index in [1.54, 1.807) is 0 Å². The summed E-state index contributed by atoms with van der Waals surface area (Å²) in [7, 11) is 0. The molecular formula is C9H10N2O4. The number of carboxylic acid groups (broad SMARTS) is 1. The van der Waals surface area contributed by atoms with Crippen molar-refractivity contribution in [2.45, 2.75) is 0 Å². The average molecular weight is 210 g/mol. The first-order valence-corrected chi connectivity index (χ1v) is 4.09. The maximum absolute atomic E-state index is 11.3. The summed E-state index contributed by atoms with van der Waals surface area (Å²) in [6.45, 7) is -0.497.